The van der Waals surface area contributed by atoms with Crippen LogP contribution >= 0.6 is 11.6 Å². The van der Waals surface area contributed by atoms with Crippen LogP contribution < -0.4 is 5.32 Å². The van der Waals surface area contributed by atoms with Crippen LogP contribution in [0.25, 0.3) is 0 Å². The Hall–Kier alpha value is -1.56. The van der Waals surface area contributed by atoms with Gasteiger partial charge in [-0.05, 0) is 13.8 Å². The molecular formula is C13H20ClNO5. The van der Waals surface area contributed by atoms with Crippen LogP contribution in [0.4, 0.5) is 0 Å². The van der Waals surface area contributed by atoms with Gasteiger partial charge in [0, 0.05) is 12.6 Å². The molecule has 0 spiro atoms. The summed E-state index contributed by atoms with van der Waals surface area (Å²) in [6.45, 7) is 6.76. The highest BCUT2D eigenvalue weighted by molar-refractivity contribution is 6.18. The zero-order valence-electron chi connectivity index (χ0n) is 11.7. The molecular weight excluding hydrogens is 286 g/mol. The molecule has 0 aliphatic rings. The number of hydrogen-bond donors (Lipinski definition) is 1. The molecule has 0 aromatic rings. The summed E-state index contributed by atoms with van der Waals surface area (Å²) in [6.07, 6.45) is 1.10. The van der Waals surface area contributed by atoms with E-state index in [2.05, 4.69) is 16.6 Å². The van der Waals surface area contributed by atoms with Crippen LogP contribution in [0.15, 0.2) is 12.7 Å². The highest BCUT2D eigenvalue weighted by atomic mass is 35.5. The smallest absolute Gasteiger partial charge is 0.330 e. The Labute approximate surface area is 123 Å². The number of nitrogens with one attached hydrogen (secondary N) is 1. The highest BCUT2D eigenvalue weighted by Crippen LogP contribution is 2.11. The van der Waals surface area contributed by atoms with Crippen LogP contribution in [0.1, 0.15) is 26.7 Å². The van der Waals surface area contributed by atoms with Gasteiger partial charge in [-0.1, -0.05) is 6.58 Å². The molecule has 0 bridgehead atoms. The van der Waals surface area contributed by atoms with E-state index in [9.17, 15) is 14.4 Å². The summed E-state index contributed by atoms with van der Waals surface area (Å²) in [6, 6.07) is 0. The summed E-state index contributed by atoms with van der Waals surface area (Å²) in [5.74, 6) is -1.13. The van der Waals surface area contributed by atoms with Crippen molar-refractivity contribution in [3.05, 3.63) is 12.7 Å². The van der Waals surface area contributed by atoms with Gasteiger partial charge >= 0.3 is 11.9 Å². The third-order valence-corrected chi connectivity index (χ3v) is 2.75. The van der Waals surface area contributed by atoms with Crippen molar-refractivity contribution in [2.75, 3.05) is 19.0 Å². The lowest BCUT2D eigenvalue weighted by Gasteiger charge is -2.22. The minimum absolute atomic E-state index is 0.0274. The number of halogens is 1. The summed E-state index contributed by atoms with van der Waals surface area (Å²) in [5, 5.41) is 2.52. The second kappa shape index (κ2) is 9.36. The normalized spacial score (nSPS) is 10.6. The second-order valence-electron chi connectivity index (χ2n) is 4.59. The Morgan fingerprint density at radius 2 is 1.95 bits per heavy atom. The Bertz CT molecular complexity index is 368. The number of carbonyl (C=O) groups excluding carboxylic acids is 3. The number of esters is 2. The zero-order chi connectivity index (χ0) is 15.6. The molecule has 114 valence electrons. The van der Waals surface area contributed by atoms with Crippen LogP contribution in [0.5, 0.6) is 0 Å². The van der Waals surface area contributed by atoms with Gasteiger partial charge in [-0.3, -0.25) is 9.59 Å². The zero-order valence-corrected chi connectivity index (χ0v) is 12.5. The number of ether oxygens (including phenoxy) is 2. The maximum Gasteiger partial charge on any atom is 0.330 e. The standard InChI is InChI=1S/C13H20ClNO5/c1-4-11(17)19-8-6-10(16)15-7-5-12(18)20-13(2,3)9-14/h4H,1,5-9H2,2-3H3,(H,15,16). The molecule has 0 radical (unpaired) electrons. The number of alkyl halides is 1. The van der Waals surface area contributed by atoms with Crippen molar-refractivity contribution in [3.8, 4) is 0 Å². The molecule has 0 aliphatic carbocycles. The predicted molar refractivity (Wildman–Crippen MR) is 74.3 cm³/mol. The Balaban J connectivity index is 3.73. The van der Waals surface area contributed by atoms with Crippen LogP contribution in [-0.2, 0) is 23.9 Å². The maximum atomic E-state index is 11.4. The van der Waals surface area contributed by atoms with E-state index in [0.717, 1.165) is 6.08 Å². The lowest BCUT2D eigenvalue weighted by atomic mass is 10.2. The van der Waals surface area contributed by atoms with Crippen molar-refractivity contribution in [3.63, 3.8) is 0 Å². The third kappa shape index (κ3) is 9.38. The number of hydrogen-bond acceptors (Lipinski definition) is 5. The van der Waals surface area contributed by atoms with Gasteiger partial charge in [-0.15, -0.1) is 11.6 Å². The van der Waals surface area contributed by atoms with Crippen LogP contribution in [0, 0.1) is 0 Å². The van der Waals surface area contributed by atoms with Crippen molar-refractivity contribution in [2.45, 2.75) is 32.3 Å². The molecule has 0 heterocycles. The van der Waals surface area contributed by atoms with Crippen LogP contribution in [0.3, 0.4) is 0 Å². The van der Waals surface area contributed by atoms with E-state index in [4.69, 9.17) is 16.3 Å². The summed E-state index contributed by atoms with van der Waals surface area (Å²) < 4.78 is 9.74. The van der Waals surface area contributed by atoms with E-state index < -0.39 is 17.5 Å². The molecule has 0 saturated carbocycles. The molecule has 0 fully saturated rings. The molecule has 0 rings (SSSR count). The lowest BCUT2D eigenvalue weighted by Crippen LogP contribution is -2.32. The van der Waals surface area contributed by atoms with Gasteiger partial charge in [-0.25, -0.2) is 4.79 Å². The van der Waals surface area contributed by atoms with Crippen LogP contribution in [0.2, 0.25) is 0 Å². The molecule has 6 nitrogen and oxygen atoms in total. The number of amides is 1. The first-order valence-electron chi connectivity index (χ1n) is 6.14. The lowest BCUT2D eigenvalue weighted by molar-refractivity contribution is -0.154. The van der Waals surface area contributed by atoms with Crippen molar-refractivity contribution < 1.29 is 23.9 Å². The number of rotatable bonds is 9. The van der Waals surface area contributed by atoms with Crippen molar-refractivity contribution in [2.24, 2.45) is 0 Å². The van der Waals surface area contributed by atoms with Crippen molar-refractivity contribution in [1.29, 1.82) is 0 Å². The summed E-state index contributed by atoms with van der Waals surface area (Å²) in [4.78, 5) is 33.5. The van der Waals surface area contributed by atoms with E-state index in [1.165, 1.54) is 0 Å². The van der Waals surface area contributed by atoms with Gasteiger partial charge in [0.2, 0.25) is 5.91 Å². The average molecular weight is 306 g/mol. The highest BCUT2D eigenvalue weighted by Gasteiger charge is 2.21. The van der Waals surface area contributed by atoms with Gasteiger partial charge in [0.15, 0.2) is 0 Å². The van der Waals surface area contributed by atoms with Gasteiger partial charge in [0.1, 0.15) is 12.2 Å². The fraction of sp³-hybridized carbons (Fsp3) is 0.615. The second-order valence-corrected chi connectivity index (χ2v) is 4.86. The quantitative estimate of drug-likeness (QED) is 0.393. The first kappa shape index (κ1) is 18.4. The molecule has 0 unspecified atom stereocenters. The maximum absolute atomic E-state index is 11.4. The fourth-order valence-corrected chi connectivity index (χ4v) is 1.14. The monoisotopic (exact) mass is 305 g/mol. The molecule has 1 amide bonds. The minimum Gasteiger partial charge on any atom is -0.462 e. The number of carbonyl (C=O) groups is 3. The largest absolute Gasteiger partial charge is 0.462 e. The SMILES string of the molecule is C=CC(=O)OCCC(=O)NCCC(=O)OC(C)(C)CCl. The van der Waals surface area contributed by atoms with E-state index in [-0.39, 0.29) is 37.8 Å². The minimum atomic E-state index is -0.721. The summed E-state index contributed by atoms with van der Waals surface area (Å²) in [5.41, 5.74) is -0.721. The Morgan fingerprint density at radius 3 is 2.50 bits per heavy atom. The first-order valence-corrected chi connectivity index (χ1v) is 6.68. The van der Waals surface area contributed by atoms with Gasteiger partial charge < -0.3 is 14.8 Å². The fourth-order valence-electron chi connectivity index (χ4n) is 1.08. The van der Waals surface area contributed by atoms with E-state index in [1.807, 2.05) is 0 Å². The molecule has 1 N–H and O–H groups in total. The van der Waals surface area contributed by atoms with Crippen molar-refractivity contribution >= 4 is 29.4 Å². The molecule has 0 aromatic heterocycles. The predicted octanol–water partition coefficient (Wildman–Crippen LogP) is 1.17. The Morgan fingerprint density at radius 1 is 1.30 bits per heavy atom. The topological polar surface area (TPSA) is 81.7 Å². The van der Waals surface area contributed by atoms with E-state index in [0.29, 0.717) is 0 Å². The Kier molecular flexibility index (Phi) is 8.63. The van der Waals surface area contributed by atoms with E-state index >= 15 is 0 Å². The molecule has 0 atom stereocenters. The summed E-state index contributed by atoms with van der Waals surface area (Å²) in [7, 11) is 0. The van der Waals surface area contributed by atoms with Gasteiger partial charge in [-0.2, -0.15) is 0 Å². The molecule has 7 heteroatoms. The average Bonchev–Trinajstić information content (AvgIpc) is 2.37. The molecule has 0 aromatic carbocycles. The third-order valence-electron chi connectivity index (χ3n) is 2.10. The van der Waals surface area contributed by atoms with Crippen molar-refractivity contribution in [1.82, 2.24) is 5.32 Å². The first-order chi connectivity index (χ1) is 9.30. The molecule has 0 aliphatic heterocycles. The van der Waals surface area contributed by atoms with E-state index in [1.54, 1.807) is 13.8 Å². The van der Waals surface area contributed by atoms with Crippen LogP contribution in [-0.4, -0.2) is 42.5 Å². The van der Waals surface area contributed by atoms with Gasteiger partial charge in [0.05, 0.1) is 18.7 Å². The summed E-state index contributed by atoms with van der Waals surface area (Å²) >= 11 is 5.62. The molecule has 20 heavy (non-hydrogen) atoms. The van der Waals surface area contributed by atoms with Gasteiger partial charge in [0.25, 0.3) is 0 Å². The molecule has 0 saturated heterocycles.